The number of hydrogen-bond donors (Lipinski definition) is 3. The molecule has 0 saturated heterocycles. The molecule has 0 bridgehead atoms. The Balaban J connectivity index is 1.72. The molecule has 1 heterocycles. The predicted molar refractivity (Wildman–Crippen MR) is 154 cm³/mol. The Morgan fingerprint density at radius 1 is 1.07 bits per heavy atom. The maximum absolute atomic E-state index is 14.8. The van der Waals surface area contributed by atoms with Crippen molar-refractivity contribution in [2.24, 2.45) is 16.1 Å². The lowest BCUT2D eigenvalue weighted by molar-refractivity contribution is 0.0617. The smallest absolute Gasteiger partial charge is 0.324 e. The number of benzene rings is 2. The van der Waals surface area contributed by atoms with E-state index in [1.807, 2.05) is 39.8 Å². The van der Waals surface area contributed by atoms with E-state index in [4.69, 9.17) is 19.9 Å². The van der Waals surface area contributed by atoms with E-state index in [0.717, 1.165) is 11.3 Å². The SMILES string of the molecule is COCCOCc1ccc(N=C(C=C(N)C(C)(C)C)NC(=O)Nc2ccc(Oc3ccnc(C)c3)cc2F)cc1. The van der Waals surface area contributed by atoms with E-state index in [9.17, 15) is 9.18 Å². The van der Waals surface area contributed by atoms with Crippen molar-refractivity contribution in [3.05, 3.63) is 89.6 Å². The van der Waals surface area contributed by atoms with Gasteiger partial charge in [-0.1, -0.05) is 32.9 Å². The van der Waals surface area contributed by atoms with Gasteiger partial charge in [0.15, 0.2) is 0 Å². The van der Waals surface area contributed by atoms with Crippen LogP contribution in [0.15, 0.2) is 77.6 Å². The molecule has 2 amide bonds. The number of halogens is 1. The van der Waals surface area contributed by atoms with Gasteiger partial charge in [0.1, 0.15) is 23.2 Å². The van der Waals surface area contributed by atoms with Crippen molar-refractivity contribution in [3.63, 3.8) is 0 Å². The summed E-state index contributed by atoms with van der Waals surface area (Å²) in [6.45, 7) is 9.13. The summed E-state index contributed by atoms with van der Waals surface area (Å²) < 4.78 is 31.0. The van der Waals surface area contributed by atoms with Gasteiger partial charge in [-0.05, 0) is 42.8 Å². The van der Waals surface area contributed by atoms with Crippen molar-refractivity contribution < 1.29 is 23.4 Å². The second-order valence-corrected chi connectivity index (χ2v) is 10.0. The summed E-state index contributed by atoms with van der Waals surface area (Å²) in [7, 11) is 1.62. The second kappa shape index (κ2) is 14.2. The zero-order valence-electron chi connectivity index (χ0n) is 23.5. The van der Waals surface area contributed by atoms with Gasteiger partial charge in [-0.2, -0.15) is 0 Å². The summed E-state index contributed by atoms with van der Waals surface area (Å²) in [5.74, 6) is 0.346. The second-order valence-electron chi connectivity index (χ2n) is 10.0. The highest BCUT2D eigenvalue weighted by atomic mass is 19.1. The summed E-state index contributed by atoms with van der Waals surface area (Å²) in [5, 5.41) is 5.18. The van der Waals surface area contributed by atoms with Gasteiger partial charge in [-0.3, -0.25) is 10.3 Å². The number of amidine groups is 1. The molecule has 2 aromatic carbocycles. The van der Waals surface area contributed by atoms with E-state index in [-0.39, 0.29) is 22.7 Å². The number of anilines is 1. The van der Waals surface area contributed by atoms with Crippen LogP contribution in [-0.2, 0) is 16.1 Å². The van der Waals surface area contributed by atoms with Crippen LogP contribution in [0.25, 0.3) is 0 Å². The van der Waals surface area contributed by atoms with Gasteiger partial charge < -0.3 is 25.3 Å². The molecule has 0 radical (unpaired) electrons. The van der Waals surface area contributed by atoms with Crippen LogP contribution in [0.2, 0.25) is 0 Å². The number of carbonyl (C=O) groups is 1. The molecule has 9 nitrogen and oxygen atoms in total. The Kier molecular flexibility index (Phi) is 10.7. The minimum absolute atomic E-state index is 0.0271. The molecule has 0 aliphatic heterocycles. The van der Waals surface area contributed by atoms with E-state index in [2.05, 4.69) is 20.6 Å². The van der Waals surface area contributed by atoms with E-state index < -0.39 is 11.8 Å². The lowest BCUT2D eigenvalue weighted by atomic mass is 9.92. The quantitative estimate of drug-likeness (QED) is 0.157. The van der Waals surface area contributed by atoms with Crippen molar-refractivity contribution in [2.45, 2.75) is 34.3 Å². The third-order valence-corrected chi connectivity index (χ3v) is 5.58. The monoisotopic (exact) mass is 549 g/mol. The molecule has 4 N–H and O–H groups in total. The first-order chi connectivity index (χ1) is 19.0. The zero-order chi connectivity index (χ0) is 29.1. The summed E-state index contributed by atoms with van der Waals surface area (Å²) in [4.78, 5) is 21.5. The molecule has 1 aromatic heterocycles. The standard InChI is InChI=1S/C30H36FN5O4/c1-20-16-24(12-13-33-20)40-23-10-11-26(25(31)17-23)35-29(37)36-28(18-27(32)30(2,3)4)34-22-8-6-21(7-9-22)19-39-15-14-38-5/h6-13,16-18H,14-15,19,32H2,1-5H3,(H2,34,35,36,37). The normalized spacial score (nSPS) is 12.2. The molecule has 0 spiro atoms. The number of amides is 2. The minimum Gasteiger partial charge on any atom is -0.457 e. The van der Waals surface area contributed by atoms with Crippen molar-refractivity contribution in [3.8, 4) is 11.5 Å². The molecule has 0 aliphatic rings. The van der Waals surface area contributed by atoms with Gasteiger partial charge in [-0.15, -0.1) is 0 Å². The number of nitrogens with two attached hydrogens (primary N) is 1. The summed E-state index contributed by atoms with van der Waals surface area (Å²) in [6, 6.07) is 14.3. The number of nitrogens with one attached hydrogen (secondary N) is 2. The number of aliphatic imine (C=N–C) groups is 1. The number of hydrogen-bond acceptors (Lipinski definition) is 7. The van der Waals surface area contributed by atoms with Crippen molar-refractivity contribution in [1.29, 1.82) is 0 Å². The van der Waals surface area contributed by atoms with Gasteiger partial charge in [0.05, 0.1) is 31.2 Å². The highest BCUT2D eigenvalue weighted by Gasteiger charge is 2.16. The Labute approximate surface area is 234 Å². The number of aromatic nitrogens is 1. The summed E-state index contributed by atoms with van der Waals surface area (Å²) >= 11 is 0. The Hall–Kier alpha value is -4.28. The average Bonchev–Trinajstić information content (AvgIpc) is 2.88. The van der Waals surface area contributed by atoms with Crippen molar-refractivity contribution in [2.75, 3.05) is 25.6 Å². The fourth-order valence-corrected chi connectivity index (χ4v) is 3.25. The molecular weight excluding hydrogens is 513 g/mol. The minimum atomic E-state index is -0.683. The van der Waals surface area contributed by atoms with E-state index >= 15 is 0 Å². The molecule has 0 fully saturated rings. The average molecular weight is 550 g/mol. The van der Waals surface area contributed by atoms with Crippen LogP contribution >= 0.6 is 0 Å². The lowest BCUT2D eigenvalue weighted by Gasteiger charge is -2.19. The first-order valence-corrected chi connectivity index (χ1v) is 12.7. The Morgan fingerprint density at radius 2 is 1.80 bits per heavy atom. The fraction of sp³-hybridized carbons (Fsp3) is 0.300. The van der Waals surface area contributed by atoms with Crippen LogP contribution in [-0.4, -0.2) is 37.2 Å². The molecule has 0 aliphatic carbocycles. The third-order valence-electron chi connectivity index (χ3n) is 5.58. The highest BCUT2D eigenvalue weighted by Crippen LogP contribution is 2.26. The predicted octanol–water partition coefficient (Wildman–Crippen LogP) is 6.22. The Morgan fingerprint density at radius 3 is 2.45 bits per heavy atom. The summed E-state index contributed by atoms with van der Waals surface area (Å²) in [6.07, 6.45) is 3.19. The van der Waals surface area contributed by atoms with Gasteiger partial charge in [0.25, 0.3) is 0 Å². The fourth-order valence-electron chi connectivity index (χ4n) is 3.25. The van der Waals surface area contributed by atoms with Crippen LogP contribution in [0.1, 0.15) is 32.0 Å². The largest absolute Gasteiger partial charge is 0.457 e. The summed E-state index contributed by atoms with van der Waals surface area (Å²) in [5.41, 5.74) is 8.70. The Bertz CT molecular complexity index is 1350. The van der Waals surface area contributed by atoms with Crippen LogP contribution < -0.4 is 21.1 Å². The number of pyridine rings is 1. The van der Waals surface area contributed by atoms with Crippen molar-refractivity contribution >= 4 is 23.2 Å². The first kappa shape index (κ1) is 30.3. The number of nitrogens with zero attached hydrogens (tertiary/aromatic N) is 2. The van der Waals surface area contributed by atoms with Crippen LogP contribution in [0.3, 0.4) is 0 Å². The molecule has 10 heteroatoms. The number of carbonyl (C=O) groups excluding carboxylic acids is 1. The molecule has 212 valence electrons. The maximum Gasteiger partial charge on any atom is 0.324 e. The van der Waals surface area contributed by atoms with Gasteiger partial charge in [0.2, 0.25) is 0 Å². The first-order valence-electron chi connectivity index (χ1n) is 12.7. The third kappa shape index (κ3) is 9.79. The number of methoxy groups -OCH3 is 1. The van der Waals surface area contributed by atoms with Crippen LogP contribution in [0.5, 0.6) is 11.5 Å². The molecule has 3 rings (SSSR count). The number of urea groups is 1. The number of rotatable bonds is 10. The number of aryl methyl sites for hydroxylation is 1. The van der Waals surface area contributed by atoms with E-state index in [1.54, 1.807) is 49.7 Å². The molecule has 0 saturated carbocycles. The van der Waals surface area contributed by atoms with Gasteiger partial charge in [0, 0.05) is 48.3 Å². The van der Waals surface area contributed by atoms with Gasteiger partial charge >= 0.3 is 6.03 Å². The maximum atomic E-state index is 14.8. The van der Waals surface area contributed by atoms with Crippen LogP contribution in [0, 0.1) is 18.2 Å². The highest BCUT2D eigenvalue weighted by molar-refractivity contribution is 6.08. The number of allylic oxidation sites excluding steroid dienone is 1. The molecule has 40 heavy (non-hydrogen) atoms. The van der Waals surface area contributed by atoms with E-state index in [0.29, 0.717) is 37.0 Å². The molecule has 3 aromatic rings. The molecular formula is C30H36FN5O4. The van der Waals surface area contributed by atoms with E-state index in [1.165, 1.54) is 12.1 Å². The number of ether oxygens (including phenoxy) is 3. The van der Waals surface area contributed by atoms with Crippen LogP contribution in [0.4, 0.5) is 20.6 Å². The molecule has 0 unspecified atom stereocenters. The van der Waals surface area contributed by atoms with Crippen molar-refractivity contribution in [1.82, 2.24) is 10.3 Å². The molecule has 0 atom stereocenters. The lowest BCUT2D eigenvalue weighted by Crippen LogP contribution is -2.34. The topological polar surface area (TPSA) is 120 Å². The zero-order valence-corrected chi connectivity index (χ0v) is 23.5. The van der Waals surface area contributed by atoms with Gasteiger partial charge in [-0.25, -0.2) is 14.2 Å².